The van der Waals surface area contributed by atoms with Gasteiger partial charge in [-0.15, -0.1) is 0 Å². The zero-order valence-electron chi connectivity index (χ0n) is 18.7. The van der Waals surface area contributed by atoms with Crippen LogP contribution in [0.3, 0.4) is 0 Å². The summed E-state index contributed by atoms with van der Waals surface area (Å²) in [5.74, 6) is 0.400. The summed E-state index contributed by atoms with van der Waals surface area (Å²) in [6.45, 7) is 11.9. The molecular formula is C23H32N6O. The molecule has 0 bridgehead atoms. The second kappa shape index (κ2) is 8.20. The van der Waals surface area contributed by atoms with Gasteiger partial charge in [-0.2, -0.15) is 10.2 Å². The van der Waals surface area contributed by atoms with Gasteiger partial charge in [0.2, 0.25) is 0 Å². The molecule has 160 valence electrons. The Kier molecular flexibility index (Phi) is 5.62. The Balaban J connectivity index is 1.70. The Morgan fingerprint density at radius 3 is 2.67 bits per heavy atom. The van der Waals surface area contributed by atoms with Crippen molar-refractivity contribution < 1.29 is 4.79 Å². The van der Waals surface area contributed by atoms with Gasteiger partial charge in [0.05, 0.1) is 28.9 Å². The predicted octanol–water partition coefficient (Wildman–Crippen LogP) is 4.43. The van der Waals surface area contributed by atoms with Crippen molar-refractivity contribution >= 4 is 16.9 Å². The maximum Gasteiger partial charge on any atom is 0.252 e. The Morgan fingerprint density at radius 2 is 2.03 bits per heavy atom. The molecular weight excluding hydrogens is 376 g/mol. The molecule has 0 aromatic carbocycles. The van der Waals surface area contributed by atoms with Gasteiger partial charge in [0.1, 0.15) is 0 Å². The first-order valence-corrected chi connectivity index (χ1v) is 11.2. The zero-order chi connectivity index (χ0) is 21.4. The largest absolute Gasteiger partial charge is 0.345 e. The lowest BCUT2D eigenvalue weighted by Gasteiger charge is -2.15. The van der Waals surface area contributed by atoms with Gasteiger partial charge >= 0.3 is 0 Å². The monoisotopic (exact) mass is 408 g/mol. The van der Waals surface area contributed by atoms with Gasteiger partial charge < -0.3 is 5.32 Å². The van der Waals surface area contributed by atoms with Crippen molar-refractivity contribution in [1.82, 2.24) is 29.9 Å². The topological polar surface area (TPSA) is 77.6 Å². The number of hydrogen-bond acceptors (Lipinski definition) is 4. The van der Waals surface area contributed by atoms with Crippen LogP contribution in [0.4, 0.5) is 0 Å². The molecule has 3 heterocycles. The summed E-state index contributed by atoms with van der Waals surface area (Å²) in [6.07, 6.45) is 6.29. The van der Waals surface area contributed by atoms with Gasteiger partial charge in [0.15, 0.2) is 5.65 Å². The van der Waals surface area contributed by atoms with E-state index in [0.29, 0.717) is 11.5 Å². The number of fused-ring (bicyclic) bond motifs is 1. The molecule has 1 atom stereocenters. The SMILES string of the molecule is CCCCn1nc(C)c2c(C(=O)NC(C)c3cnn(CC)c3C)cc(C3CC3)nc21. The number of pyridine rings is 1. The van der Waals surface area contributed by atoms with Crippen LogP contribution in [0.1, 0.15) is 91.4 Å². The van der Waals surface area contributed by atoms with Crippen molar-refractivity contribution in [3.05, 3.63) is 40.5 Å². The van der Waals surface area contributed by atoms with Crippen molar-refractivity contribution in [1.29, 1.82) is 0 Å². The molecule has 1 saturated carbocycles. The van der Waals surface area contributed by atoms with E-state index < -0.39 is 0 Å². The first-order chi connectivity index (χ1) is 14.4. The standard InChI is InChI=1S/C23H32N6O/c1-6-8-11-29-22-21(15(4)27-29)18(12-20(26-22)17-9-10-17)23(30)25-14(3)19-13-24-28(7-2)16(19)5/h12-14,17H,6-11H2,1-5H3,(H,25,30). The van der Waals surface area contributed by atoms with Crippen LogP contribution in [0.2, 0.25) is 0 Å². The summed E-state index contributed by atoms with van der Waals surface area (Å²) in [6, 6.07) is 1.87. The van der Waals surface area contributed by atoms with E-state index in [1.807, 2.05) is 42.4 Å². The Morgan fingerprint density at radius 1 is 1.27 bits per heavy atom. The van der Waals surface area contributed by atoms with E-state index in [1.165, 1.54) is 0 Å². The van der Waals surface area contributed by atoms with E-state index in [-0.39, 0.29) is 11.9 Å². The second-order valence-electron chi connectivity index (χ2n) is 8.43. The molecule has 1 amide bonds. The number of unbranched alkanes of at least 4 members (excludes halogenated alkanes) is 1. The molecule has 0 spiro atoms. The van der Waals surface area contributed by atoms with Crippen LogP contribution in [0.25, 0.3) is 11.0 Å². The van der Waals surface area contributed by atoms with Crippen molar-refractivity contribution in [3.63, 3.8) is 0 Å². The molecule has 1 unspecified atom stereocenters. The molecule has 1 aliphatic rings. The predicted molar refractivity (Wildman–Crippen MR) is 118 cm³/mol. The first-order valence-electron chi connectivity index (χ1n) is 11.2. The van der Waals surface area contributed by atoms with Gasteiger partial charge in [-0.25, -0.2) is 9.67 Å². The molecule has 7 nitrogen and oxygen atoms in total. The molecule has 30 heavy (non-hydrogen) atoms. The fraction of sp³-hybridized carbons (Fsp3) is 0.565. The van der Waals surface area contributed by atoms with Crippen LogP contribution in [-0.4, -0.2) is 30.5 Å². The molecule has 1 fully saturated rings. The quantitative estimate of drug-likeness (QED) is 0.598. The van der Waals surface area contributed by atoms with E-state index in [1.54, 1.807) is 0 Å². The third-order valence-electron chi connectivity index (χ3n) is 6.12. The minimum Gasteiger partial charge on any atom is -0.345 e. The maximum atomic E-state index is 13.4. The third kappa shape index (κ3) is 3.73. The van der Waals surface area contributed by atoms with Gasteiger partial charge in [-0.05, 0) is 53.0 Å². The molecule has 0 saturated heterocycles. The molecule has 1 aliphatic carbocycles. The molecule has 3 aromatic heterocycles. The highest BCUT2D eigenvalue weighted by Gasteiger charge is 2.29. The fourth-order valence-electron chi connectivity index (χ4n) is 4.16. The highest BCUT2D eigenvalue weighted by Crippen LogP contribution is 2.40. The molecule has 0 radical (unpaired) electrons. The number of rotatable bonds is 8. The van der Waals surface area contributed by atoms with Crippen LogP contribution in [-0.2, 0) is 13.1 Å². The molecule has 7 heteroatoms. The van der Waals surface area contributed by atoms with Crippen LogP contribution < -0.4 is 5.32 Å². The summed E-state index contributed by atoms with van der Waals surface area (Å²) >= 11 is 0. The zero-order valence-corrected chi connectivity index (χ0v) is 18.7. The minimum absolute atomic E-state index is 0.0708. The number of nitrogens with one attached hydrogen (secondary N) is 1. The van der Waals surface area contributed by atoms with E-state index >= 15 is 0 Å². The van der Waals surface area contributed by atoms with Crippen LogP contribution in [0.15, 0.2) is 12.3 Å². The van der Waals surface area contributed by atoms with Crippen molar-refractivity contribution in [2.24, 2.45) is 0 Å². The minimum atomic E-state index is -0.124. The maximum absolute atomic E-state index is 13.4. The highest BCUT2D eigenvalue weighted by molar-refractivity contribution is 6.06. The van der Waals surface area contributed by atoms with Crippen molar-refractivity contribution in [3.8, 4) is 0 Å². The number of carbonyl (C=O) groups is 1. The smallest absolute Gasteiger partial charge is 0.252 e. The molecule has 1 N–H and O–H groups in total. The van der Waals surface area contributed by atoms with Crippen molar-refractivity contribution in [2.75, 3.05) is 0 Å². The summed E-state index contributed by atoms with van der Waals surface area (Å²) in [5.41, 5.74) is 5.56. The van der Waals surface area contributed by atoms with Crippen LogP contribution in [0.5, 0.6) is 0 Å². The molecule has 4 rings (SSSR count). The van der Waals surface area contributed by atoms with Crippen molar-refractivity contribution in [2.45, 2.75) is 85.4 Å². The fourth-order valence-corrected chi connectivity index (χ4v) is 4.16. The lowest BCUT2D eigenvalue weighted by molar-refractivity contribution is 0.0941. The molecule has 3 aromatic rings. The first kappa shape index (κ1) is 20.6. The van der Waals surface area contributed by atoms with Gasteiger partial charge in [0.25, 0.3) is 5.91 Å². The van der Waals surface area contributed by atoms with E-state index in [9.17, 15) is 4.79 Å². The normalized spacial score (nSPS) is 15.0. The number of aryl methyl sites for hydroxylation is 3. The average Bonchev–Trinajstić information content (AvgIpc) is 3.45. The summed E-state index contributed by atoms with van der Waals surface area (Å²) in [4.78, 5) is 18.3. The van der Waals surface area contributed by atoms with E-state index in [4.69, 9.17) is 10.1 Å². The number of amides is 1. The van der Waals surface area contributed by atoms with Gasteiger partial charge in [-0.1, -0.05) is 13.3 Å². The summed E-state index contributed by atoms with van der Waals surface area (Å²) in [5, 5.41) is 13.2. The van der Waals surface area contributed by atoms with Crippen LogP contribution >= 0.6 is 0 Å². The van der Waals surface area contributed by atoms with Gasteiger partial charge in [-0.3, -0.25) is 9.48 Å². The summed E-state index contributed by atoms with van der Waals surface area (Å²) in [7, 11) is 0. The summed E-state index contributed by atoms with van der Waals surface area (Å²) < 4.78 is 3.94. The lowest BCUT2D eigenvalue weighted by Crippen LogP contribution is -2.27. The Labute approximate surface area is 177 Å². The number of carbonyl (C=O) groups excluding carboxylic acids is 1. The van der Waals surface area contributed by atoms with E-state index in [0.717, 1.165) is 72.5 Å². The number of hydrogen-bond donors (Lipinski definition) is 1. The highest BCUT2D eigenvalue weighted by atomic mass is 16.1. The van der Waals surface area contributed by atoms with Gasteiger partial charge in [0, 0.05) is 36.0 Å². The average molecular weight is 409 g/mol. The second-order valence-corrected chi connectivity index (χ2v) is 8.43. The molecule has 0 aliphatic heterocycles. The number of nitrogens with zero attached hydrogens (tertiary/aromatic N) is 5. The number of aromatic nitrogens is 5. The Hall–Kier alpha value is -2.70. The van der Waals surface area contributed by atoms with E-state index in [2.05, 4.69) is 24.3 Å². The third-order valence-corrected chi connectivity index (χ3v) is 6.12. The van der Waals surface area contributed by atoms with Crippen LogP contribution in [0, 0.1) is 13.8 Å². The Bertz CT molecular complexity index is 1080. The lowest BCUT2D eigenvalue weighted by atomic mass is 10.1.